The molecule has 1 aliphatic heterocycles. The van der Waals surface area contributed by atoms with E-state index in [1.54, 1.807) is 36.4 Å². The summed E-state index contributed by atoms with van der Waals surface area (Å²) >= 11 is 0. The highest BCUT2D eigenvalue weighted by atomic mass is 16.5. The van der Waals surface area contributed by atoms with Crippen LogP contribution in [0.25, 0.3) is 0 Å². The van der Waals surface area contributed by atoms with Gasteiger partial charge >= 0.3 is 5.97 Å². The fourth-order valence-corrected chi connectivity index (χ4v) is 2.83. The molecule has 2 aromatic rings. The van der Waals surface area contributed by atoms with Crippen LogP contribution in [0.1, 0.15) is 42.1 Å². The quantitative estimate of drug-likeness (QED) is 0.561. The highest BCUT2D eigenvalue weighted by Gasteiger charge is 2.20. The fourth-order valence-electron chi connectivity index (χ4n) is 2.83. The molecule has 0 aliphatic carbocycles. The Balaban J connectivity index is 1.56. The Kier molecular flexibility index (Phi) is 5.89. The highest BCUT2D eigenvalue weighted by molar-refractivity contribution is 5.91. The van der Waals surface area contributed by atoms with Crippen LogP contribution in [0.2, 0.25) is 0 Å². The van der Waals surface area contributed by atoms with Crippen molar-refractivity contribution in [2.75, 3.05) is 13.2 Å². The van der Waals surface area contributed by atoms with E-state index in [1.165, 1.54) is 0 Å². The van der Waals surface area contributed by atoms with Crippen molar-refractivity contribution < 1.29 is 19.1 Å². The fraction of sp³-hybridized carbons (Fsp3) is 0.333. The molecule has 0 saturated carbocycles. The number of likely N-dealkylation sites (tertiary alicyclic amines) is 1. The summed E-state index contributed by atoms with van der Waals surface area (Å²) in [6.45, 7) is 4.10. The van der Waals surface area contributed by atoms with E-state index in [9.17, 15) is 9.59 Å². The summed E-state index contributed by atoms with van der Waals surface area (Å²) in [5.74, 6) is 1.02. The van der Waals surface area contributed by atoms with Crippen molar-refractivity contribution in [2.45, 2.75) is 32.7 Å². The zero-order valence-corrected chi connectivity index (χ0v) is 14.9. The normalized spacial score (nSPS) is 13.7. The number of amides is 1. The number of rotatable bonds is 7. The number of esters is 1. The average Bonchev–Trinajstić information content (AvgIpc) is 3.06. The largest absolute Gasteiger partial charge is 0.494 e. The van der Waals surface area contributed by atoms with Crippen molar-refractivity contribution in [2.24, 2.45) is 0 Å². The van der Waals surface area contributed by atoms with E-state index in [1.807, 2.05) is 24.0 Å². The van der Waals surface area contributed by atoms with Gasteiger partial charge in [-0.1, -0.05) is 19.1 Å². The van der Waals surface area contributed by atoms with Gasteiger partial charge < -0.3 is 14.4 Å². The molecule has 1 aliphatic rings. The van der Waals surface area contributed by atoms with Crippen molar-refractivity contribution in [3.63, 3.8) is 0 Å². The zero-order chi connectivity index (χ0) is 18.4. The molecule has 1 amide bonds. The molecule has 0 atom stereocenters. The first-order valence-corrected chi connectivity index (χ1v) is 8.97. The predicted octanol–water partition coefficient (Wildman–Crippen LogP) is 3.82. The predicted molar refractivity (Wildman–Crippen MR) is 98.3 cm³/mol. The second-order valence-electron chi connectivity index (χ2n) is 6.33. The molecule has 0 N–H and O–H groups in total. The van der Waals surface area contributed by atoms with Crippen molar-refractivity contribution in [3.05, 3.63) is 59.7 Å². The topological polar surface area (TPSA) is 55.8 Å². The van der Waals surface area contributed by atoms with Crippen LogP contribution in [0.15, 0.2) is 48.5 Å². The summed E-state index contributed by atoms with van der Waals surface area (Å²) in [6.07, 6.45) is 2.50. The molecule has 0 unspecified atom stereocenters. The van der Waals surface area contributed by atoms with Gasteiger partial charge in [-0.3, -0.25) is 4.79 Å². The molecule has 0 bridgehead atoms. The van der Waals surface area contributed by atoms with Gasteiger partial charge in [0, 0.05) is 19.5 Å². The summed E-state index contributed by atoms with van der Waals surface area (Å²) < 4.78 is 10.9. The number of ether oxygens (including phenoxy) is 2. The summed E-state index contributed by atoms with van der Waals surface area (Å²) in [5.41, 5.74) is 1.49. The molecule has 1 saturated heterocycles. The van der Waals surface area contributed by atoms with Gasteiger partial charge in [-0.2, -0.15) is 0 Å². The summed E-state index contributed by atoms with van der Waals surface area (Å²) in [4.78, 5) is 25.8. The second-order valence-corrected chi connectivity index (χ2v) is 6.33. The Bertz CT molecular complexity index is 753. The van der Waals surface area contributed by atoms with Crippen molar-refractivity contribution in [1.82, 2.24) is 4.90 Å². The van der Waals surface area contributed by atoms with E-state index in [4.69, 9.17) is 9.47 Å². The molecule has 136 valence electrons. The molecule has 0 spiro atoms. The van der Waals surface area contributed by atoms with E-state index in [-0.39, 0.29) is 5.91 Å². The van der Waals surface area contributed by atoms with Crippen LogP contribution in [-0.2, 0) is 11.3 Å². The van der Waals surface area contributed by atoms with Crippen LogP contribution in [0, 0.1) is 0 Å². The third kappa shape index (κ3) is 4.63. The smallest absolute Gasteiger partial charge is 0.343 e. The molecule has 5 nitrogen and oxygen atoms in total. The molecule has 1 fully saturated rings. The Labute approximate surface area is 153 Å². The summed E-state index contributed by atoms with van der Waals surface area (Å²) in [7, 11) is 0. The molecular weight excluding hydrogens is 330 g/mol. The lowest BCUT2D eigenvalue weighted by molar-refractivity contribution is -0.128. The molecule has 1 heterocycles. The van der Waals surface area contributed by atoms with E-state index < -0.39 is 5.97 Å². The molecule has 3 rings (SSSR count). The average molecular weight is 353 g/mol. The Morgan fingerprint density at radius 1 is 1.04 bits per heavy atom. The summed E-state index contributed by atoms with van der Waals surface area (Å²) in [6, 6.07) is 14.2. The number of carbonyl (C=O) groups excluding carboxylic acids is 2. The molecule has 5 heteroatoms. The van der Waals surface area contributed by atoms with Crippen molar-refractivity contribution in [3.8, 4) is 11.5 Å². The van der Waals surface area contributed by atoms with E-state index in [0.717, 1.165) is 30.7 Å². The maximum absolute atomic E-state index is 12.3. The minimum Gasteiger partial charge on any atom is -0.494 e. The Morgan fingerprint density at radius 3 is 2.35 bits per heavy atom. The lowest BCUT2D eigenvalue weighted by Crippen LogP contribution is -2.23. The number of hydrogen-bond acceptors (Lipinski definition) is 4. The number of carbonyl (C=O) groups is 2. The van der Waals surface area contributed by atoms with Gasteiger partial charge in [-0.05, 0) is 54.8 Å². The van der Waals surface area contributed by atoms with Gasteiger partial charge in [-0.15, -0.1) is 0 Å². The van der Waals surface area contributed by atoms with Crippen molar-refractivity contribution >= 4 is 11.9 Å². The number of benzene rings is 2. The number of nitrogens with zero attached hydrogens (tertiary/aromatic N) is 1. The van der Waals surface area contributed by atoms with E-state index >= 15 is 0 Å². The second kappa shape index (κ2) is 8.52. The molecule has 26 heavy (non-hydrogen) atoms. The van der Waals surface area contributed by atoms with Crippen LogP contribution in [0.3, 0.4) is 0 Å². The molecule has 0 radical (unpaired) electrons. The zero-order valence-electron chi connectivity index (χ0n) is 14.9. The van der Waals surface area contributed by atoms with Gasteiger partial charge in [-0.25, -0.2) is 4.79 Å². The standard InChI is InChI=1S/C21H23NO4/c1-2-14-25-18-9-11-19(12-10-18)26-21(24)17-7-5-16(6-8-17)15-22-13-3-4-20(22)23/h5-12H,2-4,13-15H2,1H3. The monoisotopic (exact) mass is 353 g/mol. The first-order valence-electron chi connectivity index (χ1n) is 8.97. The first-order chi connectivity index (χ1) is 12.7. The van der Waals surface area contributed by atoms with Crippen LogP contribution >= 0.6 is 0 Å². The minimum absolute atomic E-state index is 0.194. The number of hydrogen-bond donors (Lipinski definition) is 0. The van der Waals surface area contributed by atoms with Gasteiger partial charge in [0.25, 0.3) is 0 Å². The molecular formula is C21H23NO4. The molecule has 0 aromatic heterocycles. The lowest BCUT2D eigenvalue weighted by atomic mass is 10.1. The highest BCUT2D eigenvalue weighted by Crippen LogP contribution is 2.19. The summed E-state index contributed by atoms with van der Waals surface area (Å²) in [5, 5.41) is 0. The van der Waals surface area contributed by atoms with Crippen LogP contribution in [0.4, 0.5) is 0 Å². The van der Waals surface area contributed by atoms with Gasteiger partial charge in [0.1, 0.15) is 11.5 Å². The van der Waals surface area contributed by atoms with Crippen LogP contribution in [-0.4, -0.2) is 29.9 Å². The van der Waals surface area contributed by atoms with Gasteiger partial charge in [0.05, 0.1) is 12.2 Å². The molecule has 2 aromatic carbocycles. The minimum atomic E-state index is -0.406. The van der Waals surface area contributed by atoms with Gasteiger partial charge in [0.15, 0.2) is 0 Å². The van der Waals surface area contributed by atoms with Gasteiger partial charge in [0.2, 0.25) is 5.91 Å². The van der Waals surface area contributed by atoms with Crippen molar-refractivity contribution in [1.29, 1.82) is 0 Å². The van der Waals surface area contributed by atoms with Crippen LogP contribution < -0.4 is 9.47 Å². The van der Waals surface area contributed by atoms with E-state index in [2.05, 4.69) is 0 Å². The third-order valence-electron chi connectivity index (χ3n) is 4.24. The lowest BCUT2D eigenvalue weighted by Gasteiger charge is -2.15. The SMILES string of the molecule is CCCOc1ccc(OC(=O)c2ccc(CN3CCCC3=O)cc2)cc1. The Hall–Kier alpha value is -2.82. The van der Waals surface area contributed by atoms with E-state index in [0.29, 0.717) is 30.9 Å². The maximum atomic E-state index is 12.3. The third-order valence-corrected chi connectivity index (χ3v) is 4.24. The first kappa shape index (κ1) is 18.0. The Morgan fingerprint density at radius 2 is 1.73 bits per heavy atom. The maximum Gasteiger partial charge on any atom is 0.343 e. The van der Waals surface area contributed by atoms with Crippen LogP contribution in [0.5, 0.6) is 11.5 Å².